The van der Waals surface area contributed by atoms with Crippen LogP contribution in [0.3, 0.4) is 0 Å². The second kappa shape index (κ2) is 8.02. The summed E-state index contributed by atoms with van der Waals surface area (Å²) in [6.45, 7) is 0. The van der Waals surface area contributed by atoms with E-state index < -0.39 is 0 Å². The van der Waals surface area contributed by atoms with Crippen molar-refractivity contribution in [2.75, 3.05) is 6.26 Å². The number of thioether (sulfide) groups is 1. The monoisotopic (exact) mass is 360 g/mol. The first-order valence-corrected chi connectivity index (χ1v) is 8.71. The largest absolute Gasteiger partial charge is 0.457 e. The Hall–Kier alpha value is -3.55. The van der Waals surface area contributed by atoms with E-state index in [2.05, 4.69) is 9.97 Å². The van der Waals surface area contributed by atoms with Crippen LogP contribution >= 0.6 is 11.8 Å². The summed E-state index contributed by atoms with van der Waals surface area (Å²) < 4.78 is 11.5. The molecule has 0 aliphatic rings. The lowest BCUT2D eigenvalue weighted by molar-refractivity contribution is 0.444. The third-order valence-corrected chi connectivity index (χ3v) is 3.78. The van der Waals surface area contributed by atoms with Crippen LogP contribution in [0.25, 0.3) is 0 Å². The second-order valence-corrected chi connectivity index (χ2v) is 5.80. The Balaban J connectivity index is 1.82. The van der Waals surface area contributed by atoms with Crippen molar-refractivity contribution in [1.82, 2.24) is 9.97 Å². The van der Waals surface area contributed by atoms with Crippen LogP contribution in [-0.2, 0) is 0 Å². The molecule has 0 spiro atoms. The predicted octanol–water partition coefficient (Wildman–Crippen LogP) is 4.53. The zero-order valence-electron chi connectivity index (χ0n) is 13.7. The lowest BCUT2D eigenvalue weighted by Crippen LogP contribution is -1.92. The average Bonchev–Trinajstić information content (AvgIpc) is 2.68. The van der Waals surface area contributed by atoms with Crippen molar-refractivity contribution < 1.29 is 9.47 Å². The summed E-state index contributed by atoms with van der Waals surface area (Å²) in [5.74, 6) is 1.90. The van der Waals surface area contributed by atoms with Crippen LogP contribution in [0.4, 0.5) is 0 Å². The molecule has 6 nitrogen and oxygen atoms in total. The van der Waals surface area contributed by atoms with E-state index in [0.29, 0.717) is 39.4 Å². The third kappa shape index (κ3) is 4.29. The van der Waals surface area contributed by atoms with Gasteiger partial charge in [-0.2, -0.15) is 15.5 Å². The van der Waals surface area contributed by atoms with Gasteiger partial charge < -0.3 is 9.47 Å². The highest BCUT2D eigenvalue weighted by Gasteiger charge is 2.06. The summed E-state index contributed by atoms with van der Waals surface area (Å²) in [5.41, 5.74) is 0.717. The molecule has 0 saturated heterocycles. The van der Waals surface area contributed by atoms with Crippen LogP contribution in [-0.4, -0.2) is 16.2 Å². The molecule has 0 amide bonds. The van der Waals surface area contributed by atoms with E-state index in [0.717, 1.165) is 0 Å². The lowest BCUT2D eigenvalue weighted by atomic mass is 10.1. The van der Waals surface area contributed by atoms with Crippen molar-refractivity contribution in [1.29, 1.82) is 10.5 Å². The molecule has 0 aliphatic heterocycles. The van der Waals surface area contributed by atoms with E-state index in [9.17, 15) is 0 Å². The van der Waals surface area contributed by atoms with E-state index in [-0.39, 0.29) is 0 Å². The first kappa shape index (κ1) is 17.3. The molecular weight excluding hydrogens is 348 g/mol. The molecule has 0 unspecified atom stereocenters. The topological polar surface area (TPSA) is 91.8 Å². The summed E-state index contributed by atoms with van der Waals surface area (Å²) >= 11 is 1.43. The van der Waals surface area contributed by atoms with Gasteiger partial charge in [-0.25, -0.2) is 4.98 Å². The number of ether oxygens (including phenoxy) is 2. The molecule has 0 saturated carbocycles. The highest BCUT2D eigenvalue weighted by Crippen LogP contribution is 2.29. The number of benzene rings is 2. The highest BCUT2D eigenvalue weighted by molar-refractivity contribution is 7.98. The van der Waals surface area contributed by atoms with Gasteiger partial charge in [0.15, 0.2) is 5.16 Å². The van der Waals surface area contributed by atoms with E-state index in [1.54, 1.807) is 48.7 Å². The maximum atomic E-state index is 9.05. The fourth-order valence-electron chi connectivity index (χ4n) is 2.13. The Morgan fingerprint density at radius 1 is 0.885 bits per heavy atom. The Morgan fingerprint density at radius 2 is 1.58 bits per heavy atom. The Labute approximate surface area is 154 Å². The average molecular weight is 360 g/mol. The van der Waals surface area contributed by atoms with Crippen molar-refractivity contribution in [3.63, 3.8) is 0 Å². The molecule has 3 aromatic rings. The standard InChI is InChI=1S/C19H12N4O2S/c1-26-19-22-6-5-18(23-19)25-16-4-2-3-15(10-16)24-17-8-13(11-20)7-14(9-17)12-21/h2-10H,1H3. The maximum absolute atomic E-state index is 9.05. The molecule has 26 heavy (non-hydrogen) atoms. The molecule has 0 bridgehead atoms. The molecule has 0 radical (unpaired) electrons. The van der Waals surface area contributed by atoms with E-state index in [1.165, 1.54) is 17.8 Å². The van der Waals surface area contributed by atoms with Gasteiger partial charge in [-0.05, 0) is 36.6 Å². The SMILES string of the molecule is CSc1nccc(Oc2cccc(Oc3cc(C#N)cc(C#N)c3)c2)n1. The van der Waals surface area contributed by atoms with Gasteiger partial charge in [-0.15, -0.1) is 0 Å². The van der Waals surface area contributed by atoms with Crippen molar-refractivity contribution in [3.05, 3.63) is 65.9 Å². The van der Waals surface area contributed by atoms with Crippen molar-refractivity contribution in [3.8, 4) is 35.3 Å². The van der Waals surface area contributed by atoms with Crippen molar-refractivity contribution in [2.45, 2.75) is 5.16 Å². The van der Waals surface area contributed by atoms with Crippen LogP contribution in [0.2, 0.25) is 0 Å². The fourth-order valence-corrected chi connectivity index (χ4v) is 2.47. The van der Waals surface area contributed by atoms with Gasteiger partial charge in [-0.3, -0.25) is 0 Å². The normalized spacial score (nSPS) is 9.81. The second-order valence-electron chi connectivity index (χ2n) is 5.03. The summed E-state index contributed by atoms with van der Waals surface area (Å²) in [7, 11) is 0. The van der Waals surface area contributed by atoms with Crippen LogP contribution in [0.5, 0.6) is 23.1 Å². The quantitative estimate of drug-likeness (QED) is 0.487. The number of hydrogen-bond donors (Lipinski definition) is 0. The fraction of sp³-hybridized carbons (Fsp3) is 0.0526. The van der Waals surface area contributed by atoms with Gasteiger partial charge in [0.1, 0.15) is 17.2 Å². The maximum Gasteiger partial charge on any atom is 0.223 e. The number of hydrogen-bond acceptors (Lipinski definition) is 7. The predicted molar refractivity (Wildman–Crippen MR) is 96.3 cm³/mol. The summed E-state index contributed by atoms with van der Waals surface area (Å²) in [5, 5.41) is 18.7. The zero-order valence-corrected chi connectivity index (χ0v) is 14.5. The molecule has 1 aromatic heterocycles. The summed E-state index contributed by atoms with van der Waals surface area (Å²) in [6, 6.07) is 17.4. The number of nitriles is 2. The van der Waals surface area contributed by atoms with Crippen molar-refractivity contribution >= 4 is 11.8 Å². The molecule has 1 heterocycles. The number of aromatic nitrogens is 2. The van der Waals surface area contributed by atoms with Gasteiger partial charge in [-0.1, -0.05) is 17.8 Å². The van der Waals surface area contributed by atoms with E-state index in [4.69, 9.17) is 20.0 Å². The highest BCUT2D eigenvalue weighted by atomic mass is 32.2. The molecule has 0 aliphatic carbocycles. The number of rotatable bonds is 5. The minimum absolute atomic E-state index is 0.358. The summed E-state index contributed by atoms with van der Waals surface area (Å²) in [6.07, 6.45) is 3.52. The molecule has 0 N–H and O–H groups in total. The van der Waals surface area contributed by atoms with Crippen LogP contribution in [0, 0.1) is 22.7 Å². The third-order valence-electron chi connectivity index (χ3n) is 3.22. The first-order valence-electron chi connectivity index (χ1n) is 7.48. The Bertz CT molecular complexity index is 992. The molecule has 0 atom stereocenters. The van der Waals surface area contributed by atoms with Gasteiger partial charge in [0.25, 0.3) is 0 Å². The van der Waals surface area contributed by atoms with Crippen LogP contribution < -0.4 is 9.47 Å². The van der Waals surface area contributed by atoms with Crippen LogP contribution in [0.15, 0.2) is 59.9 Å². The molecule has 2 aromatic carbocycles. The van der Waals surface area contributed by atoms with Crippen molar-refractivity contribution in [2.24, 2.45) is 0 Å². The first-order chi connectivity index (χ1) is 12.7. The smallest absolute Gasteiger partial charge is 0.223 e. The molecular formula is C19H12N4O2S. The van der Waals surface area contributed by atoms with E-state index in [1.807, 2.05) is 18.4 Å². The van der Waals surface area contributed by atoms with Gasteiger partial charge >= 0.3 is 0 Å². The summed E-state index contributed by atoms with van der Waals surface area (Å²) in [4.78, 5) is 8.36. The van der Waals surface area contributed by atoms with Crippen LogP contribution in [0.1, 0.15) is 11.1 Å². The van der Waals surface area contributed by atoms with Gasteiger partial charge in [0, 0.05) is 18.3 Å². The van der Waals surface area contributed by atoms with Gasteiger partial charge in [0.05, 0.1) is 23.3 Å². The van der Waals surface area contributed by atoms with E-state index >= 15 is 0 Å². The molecule has 7 heteroatoms. The Morgan fingerprint density at radius 3 is 2.23 bits per heavy atom. The minimum atomic E-state index is 0.358. The number of nitrogens with zero attached hydrogens (tertiary/aromatic N) is 4. The molecule has 0 fully saturated rings. The van der Waals surface area contributed by atoms with Gasteiger partial charge in [0.2, 0.25) is 5.88 Å². The minimum Gasteiger partial charge on any atom is -0.457 e. The Kier molecular flexibility index (Phi) is 5.33. The molecule has 3 rings (SSSR count). The zero-order chi connectivity index (χ0) is 18.4. The molecule has 126 valence electrons. The lowest BCUT2D eigenvalue weighted by Gasteiger charge is -2.09.